The highest BCUT2D eigenvalue weighted by atomic mass is 35.5. The fourth-order valence-electron chi connectivity index (χ4n) is 2.15. The summed E-state index contributed by atoms with van der Waals surface area (Å²) in [7, 11) is -3.61. The first-order valence-corrected chi connectivity index (χ1v) is 8.25. The topological polar surface area (TPSA) is 58.2 Å². The molecular weight excluding hydrogens is 307 g/mol. The standard InChI is InChI=1S/C12H16Cl2N2O2S/c1-12(2-4-15-5-3-12)16-19(17,18)11-7-9(13)6-10(14)8-11/h6-8,15-16H,2-5H2,1H3. The zero-order chi connectivity index (χ0) is 14.1. The Labute approximate surface area is 123 Å². The highest BCUT2D eigenvalue weighted by Crippen LogP contribution is 2.25. The summed E-state index contributed by atoms with van der Waals surface area (Å²) in [5, 5.41) is 3.82. The summed E-state index contributed by atoms with van der Waals surface area (Å²) in [5.41, 5.74) is -0.432. The van der Waals surface area contributed by atoms with Crippen LogP contribution in [0.2, 0.25) is 10.0 Å². The number of sulfonamides is 1. The van der Waals surface area contributed by atoms with Gasteiger partial charge < -0.3 is 5.32 Å². The highest BCUT2D eigenvalue weighted by Gasteiger charge is 2.32. The van der Waals surface area contributed by atoms with Crippen molar-refractivity contribution in [1.82, 2.24) is 10.0 Å². The van der Waals surface area contributed by atoms with Crippen molar-refractivity contribution in [3.63, 3.8) is 0 Å². The van der Waals surface area contributed by atoms with Gasteiger partial charge in [-0.15, -0.1) is 0 Å². The third-order valence-electron chi connectivity index (χ3n) is 3.23. The van der Waals surface area contributed by atoms with Gasteiger partial charge in [-0.25, -0.2) is 13.1 Å². The number of halogens is 2. The summed E-state index contributed by atoms with van der Waals surface area (Å²) < 4.78 is 27.5. The maximum atomic E-state index is 12.4. The molecule has 1 aliphatic rings. The maximum absolute atomic E-state index is 12.4. The lowest BCUT2D eigenvalue weighted by Crippen LogP contribution is -2.52. The van der Waals surface area contributed by atoms with Gasteiger partial charge in [-0.1, -0.05) is 23.2 Å². The van der Waals surface area contributed by atoms with Gasteiger partial charge in [0.2, 0.25) is 10.0 Å². The van der Waals surface area contributed by atoms with E-state index in [2.05, 4.69) is 10.0 Å². The Hall–Kier alpha value is -0.330. The molecular formula is C12H16Cl2N2O2S. The summed E-state index contributed by atoms with van der Waals surface area (Å²) in [6.45, 7) is 3.52. The van der Waals surface area contributed by atoms with E-state index in [4.69, 9.17) is 23.2 Å². The summed E-state index contributed by atoms with van der Waals surface area (Å²) in [5.74, 6) is 0. The molecule has 2 N–H and O–H groups in total. The van der Waals surface area contributed by atoms with Gasteiger partial charge in [0.15, 0.2) is 0 Å². The lowest BCUT2D eigenvalue weighted by atomic mass is 9.92. The van der Waals surface area contributed by atoms with Crippen LogP contribution < -0.4 is 10.0 Å². The minimum Gasteiger partial charge on any atom is -0.317 e. The Kier molecular flexibility index (Phi) is 4.42. The predicted molar refractivity (Wildman–Crippen MR) is 77.3 cm³/mol. The molecule has 1 heterocycles. The van der Waals surface area contributed by atoms with Crippen molar-refractivity contribution < 1.29 is 8.42 Å². The van der Waals surface area contributed by atoms with Crippen molar-refractivity contribution in [2.24, 2.45) is 0 Å². The van der Waals surface area contributed by atoms with Crippen molar-refractivity contribution in [2.75, 3.05) is 13.1 Å². The summed E-state index contributed by atoms with van der Waals surface area (Å²) in [6, 6.07) is 4.31. The van der Waals surface area contributed by atoms with Crippen LogP contribution in [0.15, 0.2) is 23.1 Å². The Morgan fingerprint density at radius 3 is 2.21 bits per heavy atom. The van der Waals surface area contributed by atoms with Crippen LogP contribution in [0.5, 0.6) is 0 Å². The smallest absolute Gasteiger partial charge is 0.241 e. The van der Waals surface area contributed by atoms with Crippen LogP contribution >= 0.6 is 23.2 Å². The first-order chi connectivity index (χ1) is 8.81. The number of piperidine rings is 1. The predicted octanol–water partition coefficient (Wildman–Crippen LogP) is 2.41. The highest BCUT2D eigenvalue weighted by molar-refractivity contribution is 7.89. The fraction of sp³-hybridized carbons (Fsp3) is 0.500. The van der Waals surface area contributed by atoms with Gasteiger partial charge in [-0.2, -0.15) is 0 Å². The molecule has 0 aromatic heterocycles. The van der Waals surface area contributed by atoms with Crippen LogP contribution in [-0.2, 0) is 10.0 Å². The molecule has 0 amide bonds. The molecule has 106 valence electrons. The van der Waals surface area contributed by atoms with Gasteiger partial charge in [0.25, 0.3) is 0 Å². The van der Waals surface area contributed by atoms with Crippen molar-refractivity contribution in [1.29, 1.82) is 0 Å². The Bertz CT molecular complexity index is 549. The van der Waals surface area contributed by atoms with E-state index in [0.717, 1.165) is 25.9 Å². The van der Waals surface area contributed by atoms with E-state index >= 15 is 0 Å². The molecule has 0 bridgehead atoms. The number of hydrogen-bond acceptors (Lipinski definition) is 3. The number of rotatable bonds is 3. The van der Waals surface area contributed by atoms with E-state index in [0.29, 0.717) is 10.0 Å². The normalized spacial score (nSPS) is 19.3. The minimum atomic E-state index is -3.61. The second-order valence-electron chi connectivity index (χ2n) is 5.02. The largest absolute Gasteiger partial charge is 0.317 e. The zero-order valence-electron chi connectivity index (χ0n) is 10.5. The lowest BCUT2D eigenvalue weighted by Gasteiger charge is -2.34. The summed E-state index contributed by atoms with van der Waals surface area (Å²) in [4.78, 5) is 0.102. The van der Waals surface area contributed by atoms with Crippen LogP contribution in [0.4, 0.5) is 0 Å². The molecule has 1 saturated heterocycles. The zero-order valence-corrected chi connectivity index (χ0v) is 12.9. The van der Waals surface area contributed by atoms with Gasteiger partial charge in [-0.3, -0.25) is 0 Å². The second kappa shape index (κ2) is 5.58. The first kappa shape index (κ1) is 15.1. The molecule has 1 aromatic rings. The van der Waals surface area contributed by atoms with Crippen molar-refractivity contribution in [2.45, 2.75) is 30.2 Å². The molecule has 0 saturated carbocycles. The Morgan fingerprint density at radius 1 is 1.16 bits per heavy atom. The van der Waals surface area contributed by atoms with Crippen molar-refractivity contribution >= 4 is 33.2 Å². The minimum absolute atomic E-state index is 0.102. The maximum Gasteiger partial charge on any atom is 0.241 e. The first-order valence-electron chi connectivity index (χ1n) is 6.02. The van der Waals surface area contributed by atoms with Crippen molar-refractivity contribution in [3.05, 3.63) is 28.2 Å². The molecule has 0 radical (unpaired) electrons. The molecule has 0 spiro atoms. The van der Waals surface area contributed by atoms with Crippen molar-refractivity contribution in [3.8, 4) is 0 Å². The molecule has 1 aromatic carbocycles. The number of benzene rings is 1. The van der Waals surface area contributed by atoms with E-state index in [1.165, 1.54) is 18.2 Å². The van der Waals surface area contributed by atoms with E-state index < -0.39 is 15.6 Å². The van der Waals surface area contributed by atoms with Gasteiger partial charge >= 0.3 is 0 Å². The Morgan fingerprint density at radius 2 is 1.68 bits per heavy atom. The van der Waals surface area contributed by atoms with Gasteiger partial charge in [0.1, 0.15) is 0 Å². The van der Waals surface area contributed by atoms with Crippen LogP contribution in [0.25, 0.3) is 0 Å². The molecule has 1 fully saturated rings. The lowest BCUT2D eigenvalue weighted by molar-refractivity contribution is 0.308. The van der Waals surface area contributed by atoms with Gasteiger partial charge in [0.05, 0.1) is 4.90 Å². The molecule has 19 heavy (non-hydrogen) atoms. The average Bonchev–Trinajstić information content (AvgIpc) is 2.27. The molecule has 4 nitrogen and oxygen atoms in total. The van der Waals surface area contributed by atoms with Gasteiger partial charge in [-0.05, 0) is 51.1 Å². The second-order valence-corrected chi connectivity index (χ2v) is 7.58. The molecule has 0 unspecified atom stereocenters. The van der Waals surface area contributed by atoms with E-state index in [9.17, 15) is 8.42 Å². The third kappa shape index (κ3) is 3.83. The molecule has 0 atom stereocenters. The number of nitrogens with one attached hydrogen (secondary N) is 2. The third-order valence-corrected chi connectivity index (χ3v) is 5.29. The molecule has 1 aliphatic heterocycles. The molecule has 0 aliphatic carbocycles. The average molecular weight is 323 g/mol. The summed E-state index contributed by atoms with van der Waals surface area (Å²) in [6.07, 6.45) is 1.50. The van der Waals surface area contributed by atoms with Crippen LogP contribution in [0, 0.1) is 0 Å². The quantitative estimate of drug-likeness (QED) is 0.898. The van der Waals surface area contributed by atoms with Crippen LogP contribution in [-0.4, -0.2) is 27.0 Å². The van der Waals surface area contributed by atoms with E-state index in [1.807, 2.05) is 6.92 Å². The number of hydrogen-bond donors (Lipinski definition) is 2. The monoisotopic (exact) mass is 322 g/mol. The summed E-state index contributed by atoms with van der Waals surface area (Å²) >= 11 is 11.7. The molecule has 7 heteroatoms. The fourth-order valence-corrected chi connectivity index (χ4v) is 4.34. The van der Waals surface area contributed by atoms with E-state index in [-0.39, 0.29) is 4.90 Å². The van der Waals surface area contributed by atoms with Crippen LogP contribution in [0.3, 0.4) is 0 Å². The van der Waals surface area contributed by atoms with E-state index in [1.54, 1.807) is 0 Å². The van der Waals surface area contributed by atoms with Gasteiger partial charge in [0, 0.05) is 15.6 Å². The van der Waals surface area contributed by atoms with Crippen LogP contribution in [0.1, 0.15) is 19.8 Å². The Balaban J connectivity index is 2.27. The SMILES string of the molecule is CC1(NS(=O)(=O)c2cc(Cl)cc(Cl)c2)CCNCC1. The molecule has 2 rings (SSSR count).